The molecule has 2 nitrogen and oxygen atoms in total. The topological polar surface area (TPSA) is 34.1 Å². The van der Waals surface area contributed by atoms with Crippen LogP contribution in [0, 0.1) is 5.92 Å². The summed E-state index contributed by atoms with van der Waals surface area (Å²) < 4.78 is 0. The molecule has 1 aliphatic rings. The first-order valence-corrected chi connectivity index (χ1v) is 3.75. The molecule has 0 spiro atoms. The minimum Gasteiger partial charge on any atom is -0.299 e. The second-order valence-corrected chi connectivity index (χ2v) is 2.88. The third kappa shape index (κ3) is 2.82. The molecule has 1 aliphatic carbocycles. The number of rotatable bonds is 1. The van der Waals surface area contributed by atoms with Gasteiger partial charge in [0.1, 0.15) is 11.6 Å². The largest absolute Gasteiger partial charge is 2.00 e. The molecule has 1 saturated carbocycles. The molecule has 1 rings (SSSR count). The molecule has 0 aliphatic heterocycles. The number of hydrogen-bond donors (Lipinski definition) is 0. The Morgan fingerprint density at radius 2 is 2.09 bits per heavy atom. The number of Topliss-reactive ketones (excluding diaryl/α,β-unsaturated/α-hetero) is 2. The van der Waals surface area contributed by atoms with Gasteiger partial charge in [0, 0.05) is 6.42 Å². The Bertz CT molecular complexity index is 165. The van der Waals surface area contributed by atoms with Gasteiger partial charge in [-0.25, -0.2) is 0 Å². The van der Waals surface area contributed by atoms with Crippen molar-refractivity contribution in [1.29, 1.82) is 0 Å². The van der Waals surface area contributed by atoms with Crippen molar-refractivity contribution in [3.8, 4) is 0 Å². The molecule has 0 aromatic heterocycles. The number of hydrogen-bond acceptors (Lipinski definition) is 2. The number of carbonyl (C=O) groups excluding carboxylic acids is 2. The van der Waals surface area contributed by atoms with Gasteiger partial charge in [-0.15, -0.1) is 0 Å². The van der Waals surface area contributed by atoms with E-state index in [0.717, 1.165) is 19.3 Å². The summed E-state index contributed by atoms with van der Waals surface area (Å²) >= 11 is 0. The van der Waals surface area contributed by atoms with Gasteiger partial charge in [-0.05, 0) is 19.8 Å². The summed E-state index contributed by atoms with van der Waals surface area (Å²) in [7, 11) is 0. The first-order chi connectivity index (χ1) is 4.72. The van der Waals surface area contributed by atoms with Gasteiger partial charge in [-0.1, -0.05) is 6.42 Å². The third-order valence-corrected chi connectivity index (χ3v) is 2.05. The quantitative estimate of drug-likeness (QED) is 0.478. The minimum atomic E-state index is -0.256. The van der Waals surface area contributed by atoms with Crippen LogP contribution in [-0.4, -0.2) is 11.6 Å². The molecule has 0 aromatic carbocycles. The zero-order valence-corrected chi connectivity index (χ0v) is 9.90. The Labute approximate surface area is 79.5 Å². The Kier molecular flexibility index (Phi) is 4.75. The molecule has 0 aromatic rings. The standard InChI is InChI=1S/C8H12O2.Zn/c1-6(9)7-4-2-3-5-8(7)10;/h7H,2-5H2,1H3;/q;+2. The molecule has 0 bridgehead atoms. The van der Waals surface area contributed by atoms with Crippen LogP contribution in [0.4, 0.5) is 0 Å². The molecular formula is C8H12O2Zn+2. The molecular weight excluding hydrogens is 193 g/mol. The fourth-order valence-electron chi connectivity index (χ4n) is 1.41. The third-order valence-electron chi connectivity index (χ3n) is 2.05. The smallest absolute Gasteiger partial charge is 0.299 e. The molecule has 3 heteroatoms. The zero-order chi connectivity index (χ0) is 7.56. The summed E-state index contributed by atoms with van der Waals surface area (Å²) in [5.41, 5.74) is 0. The van der Waals surface area contributed by atoms with E-state index in [-0.39, 0.29) is 37.0 Å². The van der Waals surface area contributed by atoms with E-state index in [1.165, 1.54) is 6.92 Å². The van der Waals surface area contributed by atoms with Crippen molar-refractivity contribution in [3.05, 3.63) is 0 Å². The first kappa shape index (κ1) is 11.0. The Morgan fingerprint density at radius 3 is 2.45 bits per heavy atom. The number of ketones is 2. The second kappa shape index (κ2) is 4.76. The van der Waals surface area contributed by atoms with Gasteiger partial charge < -0.3 is 0 Å². The van der Waals surface area contributed by atoms with Gasteiger partial charge in [-0.2, -0.15) is 0 Å². The van der Waals surface area contributed by atoms with Crippen LogP contribution < -0.4 is 0 Å². The zero-order valence-electron chi connectivity index (χ0n) is 6.93. The van der Waals surface area contributed by atoms with Gasteiger partial charge in [0.2, 0.25) is 0 Å². The summed E-state index contributed by atoms with van der Waals surface area (Å²) in [6.07, 6.45) is 3.41. The van der Waals surface area contributed by atoms with Crippen LogP contribution in [0.1, 0.15) is 32.6 Å². The van der Waals surface area contributed by atoms with E-state index < -0.39 is 0 Å². The van der Waals surface area contributed by atoms with Crippen LogP contribution in [0.25, 0.3) is 0 Å². The van der Waals surface area contributed by atoms with Crippen LogP contribution in [-0.2, 0) is 29.1 Å². The summed E-state index contributed by atoms with van der Waals surface area (Å²) in [5, 5.41) is 0. The Balaban J connectivity index is 0.000001000. The van der Waals surface area contributed by atoms with E-state index in [4.69, 9.17) is 0 Å². The summed E-state index contributed by atoms with van der Waals surface area (Å²) in [5.74, 6) is -0.0581. The molecule has 0 saturated heterocycles. The second-order valence-electron chi connectivity index (χ2n) is 2.88. The van der Waals surface area contributed by atoms with Gasteiger partial charge >= 0.3 is 19.5 Å². The van der Waals surface area contributed by atoms with E-state index in [0.29, 0.717) is 6.42 Å². The van der Waals surface area contributed by atoms with E-state index in [2.05, 4.69) is 0 Å². The van der Waals surface area contributed by atoms with Crippen molar-refractivity contribution in [2.24, 2.45) is 5.92 Å². The Morgan fingerprint density at radius 1 is 1.45 bits per heavy atom. The molecule has 1 atom stereocenters. The van der Waals surface area contributed by atoms with Crippen LogP contribution in [0.3, 0.4) is 0 Å². The summed E-state index contributed by atoms with van der Waals surface area (Å²) in [6, 6.07) is 0. The van der Waals surface area contributed by atoms with Crippen molar-refractivity contribution in [1.82, 2.24) is 0 Å². The van der Waals surface area contributed by atoms with Gasteiger partial charge in [0.15, 0.2) is 0 Å². The molecule has 1 fully saturated rings. The van der Waals surface area contributed by atoms with E-state index in [1.54, 1.807) is 0 Å². The molecule has 11 heavy (non-hydrogen) atoms. The van der Waals surface area contributed by atoms with Gasteiger partial charge in [-0.3, -0.25) is 9.59 Å². The van der Waals surface area contributed by atoms with Gasteiger partial charge in [0.05, 0.1) is 5.92 Å². The average molecular weight is 206 g/mol. The van der Waals surface area contributed by atoms with Crippen LogP contribution in [0.5, 0.6) is 0 Å². The van der Waals surface area contributed by atoms with E-state index >= 15 is 0 Å². The molecule has 56 valence electrons. The van der Waals surface area contributed by atoms with Crippen LogP contribution in [0.15, 0.2) is 0 Å². The molecule has 0 amide bonds. The fourth-order valence-corrected chi connectivity index (χ4v) is 1.41. The maximum atomic E-state index is 11.0. The maximum Gasteiger partial charge on any atom is 2.00 e. The van der Waals surface area contributed by atoms with Crippen molar-refractivity contribution < 1.29 is 29.1 Å². The molecule has 1 unspecified atom stereocenters. The summed E-state index contributed by atoms with van der Waals surface area (Å²) in [6.45, 7) is 1.51. The maximum absolute atomic E-state index is 11.0. The minimum absolute atomic E-state index is 0. The van der Waals surface area contributed by atoms with Crippen LogP contribution >= 0.6 is 0 Å². The van der Waals surface area contributed by atoms with Gasteiger partial charge in [0.25, 0.3) is 0 Å². The van der Waals surface area contributed by atoms with Crippen molar-refractivity contribution in [3.63, 3.8) is 0 Å². The SMILES string of the molecule is CC(=O)C1CCCCC1=O.[Zn+2]. The van der Waals surface area contributed by atoms with Crippen molar-refractivity contribution in [2.75, 3.05) is 0 Å². The fraction of sp³-hybridized carbons (Fsp3) is 0.750. The average Bonchev–Trinajstić information content (AvgIpc) is 1.88. The van der Waals surface area contributed by atoms with E-state index in [1.807, 2.05) is 0 Å². The predicted octanol–water partition coefficient (Wildman–Crippen LogP) is 1.33. The normalized spacial score (nSPS) is 24.1. The van der Waals surface area contributed by atoms with Crippen molar-refractivity contribution in [2.45, 2.75) is 32.6 Å². The molecule has 0 radical (unpaired) electrons. The van der Waals surface area contributed by atoms with Crippen LogP contribution in [0.2, 0.25) is 0 Å². The Hall–Kier alpha value is -0.0366. The molecule has 0 N–H and O–H groups in total. The number of carbonyl (C=O) groups is 2. The first-order valence-electron chi connectivity index (χ1n) is 3.75. The van der Waals surface area contributed by atoms with E-state index in [9.17, 15) is 9.59 Å². The predicted molar refractivity (Wildman–Crippen MR) is 37.6 cm³/mol. The monoisotopic (exact) mass is 204 g/mol. The summed E-state index contributed by atoms with van der Waals surface area (Å²) in [4.78, 5) is 21.8. The molecule has 0 heterocycles. The van der Waals surface area contributed by atoms with Crippen molar-refractivity contribution >= 4 is 11.6 Å².